The van der Waals surface area contributed by atoms with Crippen LogP contribution in [-0.4, -0.2) is 25.3 Å². The molecule has 0 fully saturated rings. The van der Waals surface area contributed by atoms with Gasteiger partial charge in [-0.3, -0.25) is 9.59 Å². The highest BCUT2D eigenvalue weighted by Gasteiger charge is 1.98. The highest BCUT2D eigenvalue weighted by molar-refractivity contribution is 5.78. The highest BCUT2D eigenvalue weighted by Crippen LogP contribution is 1.97. The van der Waals surface area contributed by atoms with Crippen molar-refractivity contribution in [3.05, 3.63) is 0 Å². The van der Waals surface area contributed by atoms with Gasteiger partial charge in [-0.2, -0.15) is 0 Å². The first-order valence-corrected chi connectivity index (χ1v) is 4.13. The quantitative estimate of drug-likeness (QED) is 0.518. The highest BCUT2D eigenvalue weighted by atomic mass is 16.2. The van der Waals surface area contributed by atoms with Crippen molar-refractivity contribution in [1.82, 2.24) is 5.32 Å². The maximum atomic E-state index is 10.8. The summed E-state index contributed by atoms with van der Waals surface area (Å²) in [6.45, 7) is 0.666. The molecule has 0 rings (SSSR count). The minimum atomic E-state index is -0.0876. The summed E-state index contributed by atoms with van der Waals surface area (Å²) in [6, 6.07) is 0. The topological polar surface area (TPSA) is 72.2 Å². The molecule has 1 radical (unpaired) electrons. The molecule has 0 bridgehead atoms. The number of rotatable bonds is 7. The van der Waals surface area contributed by atoms with Crippen molar-refractivity contribution >= 4 is 12.2 Å². The molecule has 0 unspecified atom stereocenters. The van der Waals surface area contributed by atoms with Crippen LogP contribution in [0.5, 0.6) is 0 Å². The van der Waals surface area contributed by atoms with E-state index in [9.17, 15) is 9.59 Å². The van der Waals surface area contributed by atoms with Crippen molar-refractivity contribution < 1.29 is 9.59 Å². The molecular weight excluding hydrogens is 156 g/mol. The van der Waals surface area contributed by atoms with Crippen LogP contribution >= 0.6 is 0 Å². The molecule has 0 aromatic heterocycles. The van der Waals surface area contributed by atoms with Crippen LogP contribution in [0.3, 0.4) is 0 Å². The van der Waals surface area contributed by atoms with Gasteiger partial charge in [-0.05, 0) is 19.4 Å². The molecule has 0 saturated carbocycles. The fourth-order valence-electron chi connectivity index (χ4n) is 0.830. The maximum Gasteiger partial charge on any atom is 0.220 e. The summed E-state index contributed by atoms with van der Waals surface area (Å²) in [5.74, 6) is -0.0876. The molecule has 0 aliphatic carbocycles. The Bertz CT molecular complexity index is 137. The number of nitrogens with one attached hydrogen (secondary N) is 1. The van der Waals surface area contributed by atoms with E-state index in [0.29, 0.717) is 13.0 Å². The molecule has 0 heterocycles. The van der Waals surface area contributed by atoms with Crippen LogP contribution in [0.2, 0.25) is 0 Å². The van der Waals surface area contributed by atoms with Crippen LogP contribution in [0.25, 0.3) is 0 Å². The number of amides is 1. The number of carbonyl (C=O) groups excluding carboxylic acids is 2. The van der Waals surface area contributed by atoms with Crippen molar-refractivity contribution in [2.75, 3.05) is 13.1 Å². The third-order valence-corrected chi connectivity index (χ3v) is 1.47. The molecule has 0 atom stereocenters. The van der Waals surface area contributed by atoms with Gasteiger partial charge in [0.2, 0.25) is 12.2 Å². The van der Waals surface area contributed by atoms with Crippen LogP contribution < -0.4 is 11.1 Å². The van der Waals surface area contributed by atoms with E-state index in [0.717, 1.165) is 19.3 Å². The van der Waals surface area contributed by atoms with Crippen LogP contribution in [0, 0.1) is 0 Å². The summed E-state index contributed by atoms with van der Waals surface area (Å²) in [5.41, 5.74) is 5.27. The first-order chi connectivity index (χ1) is 5.81. The van der Waals surface area contributed by atoms with E-state index in [4.69, 9.17) is 5.73 Å². The summed E-state index contributed by atoms with van der Waals surface area (Å²) in [7, 11) is 0. The Morgan fingerprint density at radius 2 is 2.08 bits per heavy atom. The minimum absolute atomic E-state index is 0.00424. The average molecular weight is 171 g/mol. The molecule has 12 heavy (non-hydrogen) atoms. The zero-order chi connectivity index (χ0) is 9.23. The van der Waals surface area contributed by atoms with Crippen molar-refractivity contribution in [2.45, 2.75) is 25.7 Å². The largest absolute Gasteiger partial charge is 0.349 e. The zero-order valence-electron chi connectivity index (χ0n) is 7.14. The second-order valence-electron chi connectivity index (χ2n) is 2.52. The summed E-state index contributed by atoms with van der Waals surface area (Å²) >= 11 is 0. The van der Waals surface area contributed by atoms with Gasteiger partial charge in [0.05, 0.1) is 6.54 Å². The van der Waals surface area contributed by atoms with Gasteiger partial charge in [0, 0.05) is 6.42 Å². The number of carbonyl (C=O) groups is 1. The Morgan fingerprint density at radius 3 is 2.67 bits per heavy atom. The minimum Gasteiger partial charge on any atom is -0.349 e. The van der Waals surface area contributed by atoms with E-state index in [1.165, 1.54) is 0 Å². The Hall–Kier alpha value is -0.900. The van der Waals surface area contributed by atoms with E-state index < -0.39 is 0 Å². The lowest BCUT2D eigenvalue weighted by Gasteiger charge is -1.99. The van der Waals surface area contributed by atoms with Gasteiger partial charge in [-0.15, -0.1) is 0 Å². The molecule has 3 N–H and O–H groups in total. The maximum absolute atomic E-state index is 10.8. The number of nitrogens with two attached hydrogens (primary N) is 1. The number of unbranched alkanes of at least 4 members (excludes halogenated alkanes) is 2. The van der Waals surface area contributed by atoms with E-state index >= 15 is 0 Å². The lowest BCUT2D eigenvalue weighted by Crippen LogP contribution is -2.24. The lowest BCUT2D eigenvalue weighted by atomic mass is 10.2. The first kappa shape index (κ1) is 11.1. The third-order valence-electron chi connectivity index (χ3n) is 1.47. The predicted molar refractivity (Wildman–Crippen MR) is 46.2 cm³/mol. The van der Waals surface area contributed by atoms with E-state index in [1.54, 1.807) is 6.29 Å². The van der Waals surface area contributed by atoms with Crippen LogP contribution in [0.1, 0.15) is 25.7 Å². The van der Waals surface area contributed by atoms with Gasteiger partial charge in [0.15, 0.2) is 0 Å². The van der Waals surface area contributed by atoms with Crippen molar-refractivity contribution in [3.63, 3.8) is 0 Å². The smallest absolute Gasteiger partial charge is 0.220 e. The van der Waals surface area contributed by atoms with E-state index in [1.807, 2.05) is 0 Å². The summed E-state index contributed by atoms with van der Waals surface area (Å²) in [6.07, 6.45) is 4.83. The van der Waals surface area contributed by atoms with Crippen LogP contribution in [0.15, 0.2) is 0 Å². The SMILES string of the molecule is NCCCCCC(=O)NC[C]=O. The lowest BCUT2D eigenvalue weighted by molar-refractivity contribution is -0.120. The first-order valence-electron chi connectivity index (χ1n) is 4.13. The molecule has 0 aromatic rings. The van der Waals surface area contributed by atoms with Crippen molar-refractivity contribution in [3.8, 4) is 0 Å². The van der Waals surface area contributed by atoms with Gasteiger partial charge in [0.1, 0.15) is 0 Å². The molecule has 0 spiro atoms. The van der Waals surface area contributed by atoms with Gasteiger partial charge in [-0.1, -0.05) is 6.42 Å². The van der Waals surface area contributed by atoms with Crippen molar-refractivity contribution in [2.24, 2.45) is 5.73 Å². The fourth-order valence-corrected chi connectivity index (χ4v) is 0.830. The van der Waals surface area contributed by atoms with Crippen molar-refractivity contribution in [1.29, 1.82) is 0 Å². The molecule has 0 aliphatic rings. The second-order valence-corrected chi connectivity index (χ2v) is 2.52. The summed E-state index contributed by atoms with van der Waals surface area (Å²) in [4.78, 5) is 20.6. The zero-order valence-corrected chi connectivity index (χ0v) is 7.14. The Kier molecular flexibility index (Phi) is 7.58. The molecule has 0 saturated heterocycles. The van der Waals surface area contributed by atoms with E-state index in [-0.39, 0.29) is 12.5 Å². The van der Waals surface area contributed by atoms with Crippen LogP contribution in [-0.2, 0) is 9.59 Å². The average Bonchev–Trinajstić information content (AvgIpc) is 2.09. The molecule has 0 aromatic carbocycles. The molecule has 4 nitrogen and oxygen atoms in total. The third kappa shape index (κ3) is 7.21. The van der Waals surface area contributed by atoms with Gasteiger partial charge in [0.25, 0.3) is 0 Å². The molecule has 0 aliphatic heterocycles. The molecular formula is C8H15N2O2. The standard InChI is InChI=1S/C8H15N2O2/c9-5-3-1-2-4-8(12)10-6-7-11/h1-6,9H2,(H,10,12). The Balaban J connectivity index is 3.13. The van der Waals surface area contributed by atoms with Gasteiger partial charge < -0.3 is 11.1 Å². The molecule has 4 heteroatoms. The fraction of sp³-hybridized carbons (Fsp3) is 0.750. The Morgan fingerprint density at radius 1 is 1.33 bits per heavy atom. The number of hydrogen-bond acceptors (Lipinski definition) is 3. The molecule has 69 valence electrons. The summed E-state index contributed by atoms with van der Waals surface area (Å²) in [5, 5.41) is 2.42. The van der Waals surface area contributed by atoms with Crippen LogP contribution in [0.4, 0.5) is 0 Å². The summed E-state index contributed by atoms with van der Waals surface area (Å²) < 4.78 is 0. The normalized spacial score (nSPS) is 9.42. The monoisotopic (exact) mass is 171 g/mol. The van der Waals surface area contributed by atoms with Gasteiger partial charge in [-0.25, -0.2) is 0 Å². The predicted octanol–water partition coefficient (Wildman–Crippen LogP) is -0.269. The van der Waals surface area contributed by atoms with Gasteiger partial charge >= 0.3 is 0 Å². The number of hydrogen-bond donors (Lipinski definition) is 2. The van der Waals surface area contributed by atoms with E-state index in [2.05, 4.69) is 5.32 Å². The molecule has 1 amide bonds. The second kappa shape index (κ2) is 8.20. The Labute approximate surface area is 72.5 Å².